The molecule has 2 aromatic rings. The summed E-state index contributed by atoms with van der Waals surface area (Å²) in [4.78, 5) is 31.9. The van der Waals surface area contributed by atoms with Gasteiger partial charge in [-0.1, -0.05) is 6.07 Å². The van der Waals surface area contributed by atoms with Crippen LogP contribution in [0, 0.1) is 0 Å². The van der Waals surface area contributed by atoms with E-state index in [2.05, 4.69) is 4.98 Å². The van der Waals surface area contributed by atoms with Crippen molar-refractivity contribution in [2.75, 3.05) is 18.0 Å². The predicted molar refractivity (Wildman–Crippen MR) is 107 cm³/mol. The van der Waals surface area contributed by atoms with Crippen LogP contribution in [-0.4, -0.2) is 76.7 Å². The van der Waals surface area contributed by atoms with Gasteiger partial charge >= 0.3 is 30.9 Å². The Morgan fingerprint density at radius 3 is 2.36 bits per heavy atom. The average molecular weight is 383 g/mol. The van der Waals surface area contributed by atoms with Crippen molar-refractivity contribution in [3.05, 3.63) is 23.8 Å². The van der Waals surface area contributed by atoms with Gasteiger partial charge in [0.1, 0.15) is 11.1 Å². The molecule has 2 heterocycles. The summed E-state index contributed by atoms with van der Waals surface area (Å²) in [6, 6.07) is 5.07. The number of rotatable bonds is 2. The van der Waals surface area contributed by atoms with Crippen LogP contribution < -0.4 is 4.90 Å². The molecule has 0 saturated carbocycles. The van der Waals surface area contributed by atoms with E-state index < -0.39 is 11.6 Å². The number of hydrogen-bond acceptors (Lipinski definition) is 6. The molecule has 9 heteroatoms. The Bertz CT molecular complexity index is 864. The number of carbonyl (C=O) groups is 2. The van der Waals surface area contributed by atoms with Crippen molar-refractivity contribution in [1.82, 2.24) is 9.88 Å². The van der Waals surface area contributed by atoms with Gasteiger partial charge in [-0.15, -0.1) is 0 Å². The molecule has 0 spiro atoms. The van der Waals surface area contributed by atoms with Gasteiger partial charge in [0, 0.05) is 25.2 Å². The van der Waals surface area contributed by atoms with Crippen LogP contribution in [0.25, 0.3) is 11.1 Å². The molecule has 1 N–H and O–H groups in total. The number of carbonyl (C=O) groups excluding carboxylic acids is 1. The summed E-state index contributed by atoms with van der Waals surface area (Å²) >= 11 is 0. The van der Waals surface area contributed by atoms with Crippen molar-refractivity contribution in [2.45, 2.75) is 52.3 Å². The SMILES string of the molecule is CC1CN(C(=O)OC(C)(C)C)CC(C)N1c1nc2c(C(=O)O)cccc2o1.[LiH]. The van der Waals surface area contributed by atoms with Gasteiger partial charge in [-0.3, -0.25) is 0 Å². The molecular weight excluding hydrogens is 357 g/mol. The first-order chi connectivity index (χ1) is 12.6. The monoisotopic (exact) mass is 383 g/mol. The van der Waals surface area contributed by atoms with Crippen molar-refractivity contribution in [2.24, 2.45) is 0 Å². The van der Waals surface area contributed by atoms with Gasteiger partial charge in [-0.2, -0.15) is 4.98 Å². The minimum atomic E-state index is -1.05. The van der Waals surface area contributed by atoms with Crippen molar-refractivity contribution in [1.29, 1.82) is 0 Å². The van der Waals surface area contributed by atoms with Crippen LogP contribution >= 0.6 is 0 Å². The number of anilines is 1. The van der Waals surface area contributed by atoms with Gasteiger partial charge in [0.05, 0.1) is 5.56 Å². The summed E-state index contributed by atoms with van der Waals surface area (Å²) in [5.74, 6) is -1.05. The Hall–Kier alpha value is -2.17. The number of oxazole rings is 1. The zero-order valence-electron chi connectivity index (χ0n) is 16.2. The molecule has 3 rings (SSSR count). The Kier molecular flexibility index (Phi) is 6.36. The van der Waals surface area contributed by atoms with Crippen LogP contribution in [0.5, 0.6) is 0 Å². The van der Waals surface area contributed by atoms with Crippen LogP contribution in [0.2, 0.25) is 0 Å². The maximum absolute atomic E-state index is 12.4. The van der Waals surface area contributed by atoms with Crippen molar-refractivity contribution in [3.8, 4) is 0 Å². The molecule has 1 aromatic heterocycles. The quantitative estimate of drug-likeness (QED) is 0.797. The number of benzene rings is 1. The number of piperazine rings is 1. The number of fused-ring (bicyclic) bond motifs is 1. The molecule has 2 atom stereocenters. The minimum absolute atomic E-state index is 0. The van der Waals surface area contributed by atoms with E-state index in [1.54, 1.807) is 17.0 Å². The molecule has 1 aliphatic rings. The molecule has 2 unspecified atom stereocenters. The fourth-order valence-electron chi connectivity index (χ4n) is 3.40. The number of ether oxygens (including phenoxy) is 1. The normalized spacial score (nSPS) is 20.0. The van der Waals surface area contributed by atoms with Crippen molar-refractivity contribution in [3.63, 3.8) is 0 Å². The van der Waals surface area contributed by atoms with Crippen LogP contribution in [0.3, 0.4) is 0 Å². The van der Waals surface area contributed by atoms with E-state index in [1.165, 1.54) is 6.07 Å². The Morgan fingerprint density at radius 2 is 1.82 bits per heavy atom. The summed E-state index contributed by atoms with van der Waals surface area (Å²) in [6.07, 6.45) is -0.341. The second kappa shape index (κ2) is 8.06. The summed E-state index contributed by atoms with van der Waals surface area (Å²) in [5.41, 5.74) is 0.317. The van der Waals surface area contributed by atoms with Crippen molar-refractivity contribution >= 4 is 48.0 Å². The number of carboxylic acid groups (broad SMARTS) is 1. The fraction of sp³-hybridized carbons (Fsp3) is 0.526. The van der Waals surface area contributed by atoms with Gasteiger partial charge < -0.3 is 24.1 Å². The van der Waals surface area contributed by atoms with E-state index >= 15 is 0 Å². The Balaban J connectivity index is 0.00000280. The summed E-state index contributed by atoms with van der Waals surface area (Å²) in [7, 11) is 0. The summed E-state index contributed by atoms with van der Waals surface area (Å²) in [5, 5.41) is 9.34. The van der Waals surface area contributed by atoms with E-state index in [9.17, 15) is 14.7 Å². The number of amides is 1. The Labute approximate surface area is 176 Å². The van der Waals surface area contributed by atoms with Gasteiger partial charge in [-0.05, 0) is 46.8 Å². The fourth-order valence-corrected chi connectivity index (χ4v) is 3.40. The van der Waals surface area contributed by atoms with Crippen molar-refractivity contribution < 1.29 is 23.8 Å². The second-order valence-electron chi connectivity index (χ2n) is 7.94. The van der Waals surface area contributed by atoms with Gasteiger partial charge in [0.2, 0.25) is 0 Å². The summed E-state index contributed by atoms with van der Waals surface area (Å²) in [6.45, 7) is 10.4. The van der Waals surface area contributed by atoms with Gasteiger partial charge in [0.25, 0.3) is 6.01 Å². The zero-order valence-corrected chi connectivity index (χ0v) is 16.2. The number of aromatic nitrogens is 1. The predicted octanol–water partition coefficient (Wildman–Crippen LogP) is 2.71. The van der Waals surface area contributed by atoms with Gasteiger partial charge in [0.15, 0.2) is 5.58 Å². The van der Waals surface area contributed by atoms with E-state index in [4.69, 9.17) is 9.15 Å². The average Bonchev–Trinajstić information content (AvgIpc) is 2.95. The molecule has 1 aliphatic heterocycles. The molecule has 148 valence electrons. The zero-order chi connectivity index (χ0) is 19.9. The van der Waals surface area contributed by atoms with Gasteiger partial charge in [-0.25, -0.2) is 9.59 Å². The Morgan fingerprint density at radius 1 is 1.21 bits per heavy atom. The van der Waals surface area contributed by atoms with E-state index in [-0.39, 0.29) is 42.6 Å². The van der Waals surface area contributed by atoms with E-state index in [0.717, 1.165) is 0 Å². The molecule has 8 nitrogen and oxygen atoms in total. The summed E-state index contributed by atoms with van der Waals surface area (Å²) < 4.78 is 11.3. The molecule has 28 heavy (non-hydrogen) atoms. The number of hydrogen-bond donors (Lipinski definition) is 1. The molecule has 0 bridgehead atoms. The topological polar surface area (TPSA) is 96.1 Å². The molecule has 1 aromatic carbocycles. The standard InChI is InChI=1S/C19H25N3O5.Li.H/c1-11-9-21(18(25)27-19(3,4)5)10-12(2)22(11)17-20-15-13(16(23)24)7-6-8-14(15)26-17;;/h6-8,11-12H,9-10H2,1-5H3,(H,23,24);;. The number of aromatic carboxylic acids is 1. The first kappa shape index (κ1) is 22.1. The molecule has 1 amide bonds. The third kappa shape index (κ3) is 4.45. The van der Waals surface area contributed by atoms with E-state index in [0.29, 0.717) is 30.2 Å². The van der Waals surface area contributed by atoms with Crippen LogP contribution in [-0.2, 0) is 4.74 Å². The maximum atomic E-state index is 12.4. The van der Waals surface area contributed by atoms with Crippen LogP contribution in [0.1, 0.15) is 45.0 Å². The molecular formula is C19H26LiN3O5. The number of carboxylic acids is 1. The third-order valence-corrected chi connectivity index (χ3v) is 4.43. The first-order valence-electron chi connectivity index (χ1n) is 8.96. The number of nitrogens with zero attached hydrogens (tertiary/aromatic N) is 3. The number of para-hydroxylation sites is 1. The first-order valence-corrected chi connectivity index (χ1v) is 8.96. The third-order valence-electron chi connectivity index (χ3n) is 4.43. The van der Waals surface area contributed by atoms with Crippen LogP contribution in [0.4, 0.5) is 10.8 Å². The molecule has 0 radical (unpaired) electrons. The molecule has 1 saturated heterocycles. The second-order valence-corrected chi connectivity index (χ2v) is 7.94. The van der Waals surface area contributed by atoms with E-state index in [1.807, 2.05) is 39.5 Å². The molecule has 0 aliphatic carbocycles. The van der Waals surface area contributed by atoms with Crippen LogP contribution in [0.15, 0.2) is 22.6 Å². The molecule has 1 fully saturated rings.